The SMILES string of the molecule is CCCCCCCCCCOc1c(C)cc(C(=O)Oc2ccc(-c3ccc(OC(=O)C(C)OCCCCC)cc3)cc2)cc1C. The molecule has 3 aromatic rings. The van der Waals surface area contributed by atoms with Crippen LogP contribution in [0.4, 0.5) is 0 Å². The van der Waals surface area contributed by atoms with E-state index in [1.54, 1.807) is 31.2 Å². The molecule has 45 heavy (non-hydrogen) atoms. The van der Waals surface area contributed by atoms with Gasteiger partial charge in [-0.05, 0) is 92.3 Å². The minimum absolute atomic E-state index is 0.404. The molecule has 1 unspecified atom stereocenters. The number of unbranched alkanes of at least 4 members (excludes halogenated alkanes) is 9. The minimum atomic E-state index is -0.611. The molecule has 0 aliphatic carbocycles. The van der Waals surface area contributed by atoms with Gasteiger partial charge in [-0.25, -0.2) is 9.59 Å². The zero-order valence-electron chi connectivity index (χ0n) is 28.0. The van der Waals surface area contributed by atoms with Crippen LogP contribution >= 0.6 is 0 Å². The highest BCUT2D eigenvalue weighted by atomic mass is 16.6. The summed E-state index contributed by atoms with van der Waals surface area (Å²) in [6, 6.07) is 18.3. The zero-order chi connectivity index (χ0) is 32.4. The Labute approximate surface area is 270 Å². The first kappa shape index (κ1) is 35.8. The number of esters is 2. The molecule has 6 nitrogen and oxygen atoms in total. The van der Waals surface area contributed by atoms with Gasteiger partial charge in [-0.3, -0.25) is 0 Å². The van der Waals surface area contributed by atoms with Gasteiger partial charge in [0.2, 0.25) is 0 Å². The van der Waals surface area contributed by atoms with Crippen LogP contribution in [0.5, 0.6) is 17.2 Å². The van der Waals surface area contributed by atoms with Gasteiger partial charge in [0.15, 0.2) is 6.10 Å². The van der Waals surface area contributed by atoms with Crippen LogP contribution in [-0.2, 0) is 9.53 Å². The van der Waals surface area contributed by atoms with E-state index in [4.69, 9.17) is 18.9 Å². The van der Waals surface area contributed by atoms with Gasteiger partial charge in [-0.1, -0.05) is 95.9 Å². The van der Waals surface area contributed by atoms with Gasteiger partial charge < -0.3 is 18.9 Å². The first-order valence-corrected chi connectivity index (χ1v) is 16.8. The Hall–Kier alpha value is -3.64. The van der Waals surface area contributed by atoms with Crippen molar-refractivity contribution in [2.24, 2.45) is 0 Å². The van der Waals surface area contributed by atoms with E-state index < -0.39 is 18.0 Å². The Bertz CT molecular complexity index is 1290. The van der Waals surface area contributed by atoms with Gasteiger partial charge in [-0.2, -0.15) is 0 Å². The highest BCUT2D eigenvalue weighted by Gasteiger charge is 2.16. The van der Waals surface area contributed by atoms with Crippen molar-refractivity contribution in [1.82, 2.24) is 0 Å². The van der Waals surface area contributed by atoms with E-state index in [2.05, 4.69) is 13.8 Å². The number of carbonyl (C=O) groups is 2. The lowest BCUT2D eigenvalue weighted by molar-refractivity contribution is -0.146. The summed E-state index contributed by atoms with van der Waals surface area (Å²) in [5.41, 5.74) is 4.26. The fourth-order valence-corrected chi connectivity index (χ4v) is 5.18. The van der Waals surface area contributed by atoms with Crippen LogP contribution in [0.2, 0.25) is 0 Å². The first-order chi connectivity index (χ1) is 21.8. The number of ether oxygens (including phenoxy) is 4. The lowest BCUT2D eigenvalue weighted by Crippen LogP contribution is -2.26. The van der Waals surface area contributed by atoms with E-state index in [0.29, 0.717) is 30.3 Å². The van der Waals surface area contributed by atoms with Crippen LogP contribution in [-0.4, -0.2) is 31.3 Å². The Morgan fingerprint density at radius 3 is 1.64 bits per heavy atom. The molecule has 3 rings (SSSR count). The molecule has 0 aliphatic rings. The Kier molecular flexibility index (Phi) is 15.7. The number of aryl methyl sites for hydroxylation is 2. The average molecular weight is 617 g/mol. The molecule has 0 fully saturated rings. The molecule has 0 spiro atoms. The molecule has 6 heteroatoms. The summed E-state index contributed by atoms with van der Waals surface area (Å²) in [5, 5.41) is 0. The monoisotopic (exact) mass is 616 g/mol. The number of rotatable bonds is 20. The summed E-state index contributed by atoms with van der Waals surface area (Å²) < 4.78 is 22.8. The van der Waals surface area contributed by atoms with E-state index >= 15 is 0 Å². The third kappa shape index (κ3) is 12.3. The zero-order valence-corrected chi connectivity index (χ0v) is 28.0. The third-order valence-electron chi connectivity index (χ3n) is 7.86. The second-order valence-electron chi connectivity index (χ2n) is 11.8. The molecule has 0 saturated carbocycles. The molecule has 0 aromatic heterocycles. The Balaban J connectivity index is 1.47. The predicted molar refractivity (Wildman–Crippen MR) is 181 cm³/mol. The number of hydrogen-bond donors (Lipinski definition) is 0. The predicted octanol–water partition coefficient (Wildman–Crippen LogP) is 10.2. The quantitative estimate of drug-likeness (QED) is 0.0715. The summed E-state index contributed by atoms with van der Waals surface area (Å²) in [4.78, 5) is 25.3. The van der Waals surface area contributed by atoms with Crippen molar-refractivity contribution in [2.45, 2.75) is 111 Å². The van der Waals surface area contributed by atoms with Gasteiger partial charge in [0.1, 0.15) is 17.2 Å². The lowest BCUT2D eigenvalue weighted by atomic mass is 10.1. The van der Waals surface area contributed by atoms with E-state index in [1.807, 2.05) is 50.2 Å². The van der Waals surface area contributed by atoms with E-state index in [0.717, 1.165) is 53.7 Å². The molecule has 244 valence electrons. The normalized spacial score (nSPS) is 11.7. The summed E-state index contributed by atoms with van der Waals surface area (Å²) in [6.07, 6.45) is 12.6. The van der Waals surface area contributed by atoms with Crippen LogP contribution in [0, 0.1) is 13.8 Å². The lowest BCUT2D eigenvalue weighted by Gasteiger charge is -2.14. The van der Waals surface area contributed by atoms with Crippen molar-refractivity contribution in [3.05, 3.63) is 77.4 Å². The van der Waals surface area contributed by atoms with Crippen LogP contribution in [0.25, 0.3) is 11.1 Å². The molecular weight excluding hydrogens is 564 g/mol. The summed E-state index contributed by atoms with van der Waals surface area (Å²) in [5.74, 6) is 0.973. The molecule has 1 atom stereocenters. The Morgan fingerprint density at radius 2 is 1.09 bits per heavy atom. The fourth-order valence-electron chi connectivity index (χ4n) is 5.18. The number of hydrogen-bond acceptors (Lipinski definition) is 6. The van der Waals surface area contributed by atoms with Crippen molar-refractivity contribution in [3.8, 4) is 28.4 Å². The van der Waals surface area contributed by atoms with Crippen LogP contribution in [0.15, 0.2) is 60.7 Å². The van der Waals surface area contributed by atoms with Gasteiger partial charge in [0.05, 0.1) is 12.2 Å². The average Bonchev–Trinajstić information content (AvgIpc) is 3.04. The molecule has 0 saturated heterocycles. The topological polar surface area (TPSA) is 71.1 Å². The number of benzene rings is 3. The van der Waals surface area contributed by atoms with Crippen LogP contribution in [0.1, 0.15) is 113 Å². The summed E-state index contributed by atoms with van der Waals surface area (Å²) in [7, 11) is 0. The molecule has 0 bridgehead atoms. The maximum Gasteiger partial charge on any atom is 0.343 e. The van der Waals surface area contributed by atoms with Crippen LogP contribution in [0.3, 0.4) is 0 Å². The highest BCUT2D eigenvalue weighted by Crippen LogP contribution is 2.28. The number of carbonyl (C=O) groups excluding carboxylic acids is 2. The van der Waals surface area contributed by atoms with Crippen molar-refractivity contribution >= 4 is 11.9 Å². The van der Waals surface area contributed by atoms with E-state index in [9.17, 15) is 9.59 Å². The molecule has 0 N–H and O–H groups in total. The van der Waals surface area contributed by atoms with E-state index in [-0.39, 0.29) is 0 Å². The molecule has 0 radical (unpaired) electrons. The van der Waals surface area contributed by atoms with Crippen molar-refractivity contribution in [3.63, 3.8) is 0 Å². The highest BCUT2D eigenvalue weighted by molar-refractivity contribution is 5.92. The maximum atomic E-state index is 13.0. The molecule has 0 amide bonds. The maximum absolute atomic E-state index is 13.0. The van der Waals surface area contributed by atoms with Crippen LogP contribution < -0.4 is 14.2 Å². The second-order valence-corrected chi connectivity index (χ2v) is 11.8. The summed E-state index contributed by atoms with van der Waals surface area (Å²) >= 11 is 0. The smallest absolute Gasteiger partial charge is 0.343 e. The molecule has 0 aliphatic heterocycles. The van der Waals surface area contributed by atoms with Gasteiger partial charge in [-0.15, -0.1) is 0 Å². The van der Waals surface area contributed by atoms with Gasteiger partial charge >= 0.3 is 11.9 Å². The Morgan fingerprint density at radius 1 is 0.622 bits per heavy atom. The largest absolute Gasteiger partial charge is 0.493 e. The van der Waals surface area contributed by atoms with E-state index in [1.165, 1.54) is 44.9 Å². The van der Waals surface area contributed by atoms with Crippen molar-refractivity contribution in [2.75, 3.05) is 13.2 Å². The summed E-state index contributed by atoms with van der Waals surface area (Å²) in [6.45, 7) is 11.3. The minimum Gasteiger partial charge on any atom is -0.493 e. The standard InChI is InChI=1S/C39H52O6/c1-6-8-10-11-12-13-14-16-26-43-37-29(3)27-34(28-30(37)4)39(41)45-36-23-19-33(20-24-36)32-17-21-35(22-18-32)44-38(40)31(5)42-25-15-9-7-2/h17-24,27-28,31H,6-16,25-26H2,1-5H3. The molecular formula is C39H52O6. The first-order valence-electron chi connectivity index (χ1n) is 16.8. The van der Waals surface area contributed by atoms with Gasteiger partial charge in [0.25, 0.3) is 0 Å². The van der Waals surface area contributed by atoms with Crippen molar-refractivity contribution in [1.29, 1.82) is 0 Å². The van der Waals surface area contributed by atoms with Crippen molar-refractivity contribution < 1.29 is 28.5 Å². The second kappa shape index (κ2) is 19.7. The van der Waals surface area contributed by atoms with Gasteiger partial charge in [0, 0.05) is 6.61 Å². The molecule has 0 heterocycles. The fraction of sp³-hybridized carbons (Fsp3) is 0.487. The third-order valence-corrected chi connectivity index (χ3v) is 7.86. The molecule has 3 aromatic carbocycles.